The Bertz CT molecular complexity index is 1170. The molecule has 0 radical (unpaired) electrons. The van der Waals surface area contributed by atoms with Crippen molar-refractivity contribution in [3.8, 4) is 0 Å². The highest BCUT2D eigenvalue weighted by atomic mass is 16.6. The molecule has 0 bridgehead atoms. The Labute approximate surface area is 363 Å². The largest absolute Gasteiger partial charge is 0.462 e. The van der Waals surface area contributed by atoms with Gasteiger partial charge < -0.3 is 14.2 Å². The van der Waals surface area contributed by atoms with E-state index in [1.165, 1.54) is 89.9 Å². The van der Waals surface area contributed by atoms with Gasteiger partial charge in [-0.25, -0.2) is 0 Å². The van der Waals surface area contributed by atoms with Crippen LogP contribution in [0.5, 0.6) is 0 Å². The van der Waals surface area contributed by atoms with Gasteiger partial charge in [0, 0.05) is 12.8 Å². The van der Waals surface area contributed by atoms with Gasteiger partial charge in [0.1, 0.15) is 13.2 Å². The average molecular weight is 821 g/mol. The summed E-state index contributed by atoms with van der Waals surface area (Å²) < 4.78 is 16.6. The summed E-state index contributed by atoms with van der Waals surface area (Å²) in [5, 5.41) is 0. The normalized spacial score (nSPS) is 12.8. The number of allylic oxidation sites excluding steroid dienone is 13. The third kappa shape index (κ3) is 45.5. The first-order valence-electron chi connectivity index (χ1n) is 24.1. The maximum atomic E-state index is 12.7. The van der Waals surface area contributed by atoms with Gasteiger partial charge in [-0.2, -0.15) is 0 Å². The van der Waals surface area contributed by atoms with Crippen LogP contribution >= 0.6 is 0 Å². The molecule has 0 aromatic carbocycles. The van der Waals surface area contributed by atoms with Crippen LogP contribution in [-0.2, 0) is 28.6 Å². The van der Waals surface area contributed by atoms with Gasteiger partial charge in [-0.1, -0.05) is 202 Å². The van der Waals surface area contributed by atoms with E-state index in [1.807, 2.05) is 6.08 Å². The zero-order valence-corrected chi connectivity index (χ0v) is 38.2. The fourth-order valence-electron chi connectivity index (χ4n) is 6.31. The molecule has 59 heavy (non-hydrogen) atoms. The second kappa shape index (κ2) is 47.3. The van der Waals surface area contributed by atoms with E-state index in [0.717, 1.165) is 83.5 Å². The number of carbonyl (C=O) groups excluding carboxylic acids is 3. The van der Waals surface area contributed by atoms with Crippen molar-refractivity contribution in [2.75, 3.05) is 13.2 Å². The van der Waals surface area contributed by atoms with Crippen LogP contribution in [0.4, 0.5) is 0 Å². The van der Waals surface area contributed by atoms with Crippen LogP contribution in [0.2, 0.25) is 0 Å². The SMILES string of the molecule is CC/C=C\C/C=C\C/C=C\C/C=C\C/C=C\CC(=O)OC(COC(=O)CCCCCCCCC/C=C\C/C=C\CCCCC)COC(=O)CCCCCCCCCCC. The minimum Gasteiger partial charge on any atom is -0.462 e. The van der Waals surface area contributed by atoms with Gasteiger partial charge in [-0.3, -0.25) is 14.4 Å². The highest BCUT2D eigenvalue weighted by molar-refractivity contribution is 5.72. The molecule has 1 atom stereocenters. The summed E-state index contributed by atoms with van der Waals surface area (Å²) in [6.45, 7) is 6.37. The average Bonchev–Trinajstić information content (AvgIpc) is 3.23. The van der Waals surface area contributed by atoms with Gasteiger partial charge in [-0.05, 0) is 77.0 Å². The van der Waals surface area contributed by atoms with E-state index in [4.69, 9.17) is 14.2 Å². The summed E-state index contributed by atoms with van der Waals surface area (Å²) in [6, 6.07) is 0. The van der Waals surface area contributed by atoms with E-state index in [0.29, 0.717) is 12.8 Å². The van der Waals surface area contributed by atoms with Crippen LogP contribution in [-0.4, -0.2) is 37.2 Å². The minimum absolute atomic E-state index is 0.0952. The zero-order valence-electron chi connectivity index (χ0n) is 38.2. The highest BCUT2D eigenvalue weighted by Crippen LogP contribution is 2.13. The van der Waals surface area contributed by atoms with Gasteiger partial charge >= 0.3 is 17.9 Å². The maximum Gasteiger partial charge on any atom is 0.310 e. The van der Waals surface area contributed by atoms with Crippen molar-refractivity contribution in [2.24, 2.45) is 0 Å². The number of hydrogen-bond donors (Lipinski definition) is 0. The fraction of sp³-hybridized carbons (Fsp3) is 0.679. The van der Waals surface area contributed by atoms with Crippen molar-refractivity contribution in [3.63, 3.8) is 0 Å². The lowest BCUT2D eigenvalue weighted by atomic mass is 10.1. The molecule has 0 N–H and O–H groups in total. The molecule has 6 heteroatoms. The second-order valence-electron chi connectivity index (χ2n) is 15.7. The van der Waals surface area contributed by atoms with E-state index < -0.39 is 12.1 Å². The summed E-state index contributed by atoms with van der Waals surface area (Å²) in [4.78, 5) is 37.7. The molecule has 0 aromatic rings. The third-order valence-corrected chi connectivity index (χ3v) is 9.92. The monoisotopic (exact) mass is 821 g/mol. The Kier molecular flexibility index (Phi) is 44.5. The maximum absolute atomic E-state index is 12.7. The van der Waals surface area contributed by atoms with Crippen LogP contribution in [0.3, 0.4) is 0 Å². The van der Waals surface area contributed by atoms with Crippen molar-refractivity contribution in [1.29, 1.82) is 0 Å². The lowest BCUT2D eigenvalue weighted by molar-refractivity contribution is -0.166. The van der Waals surface area contributed by atoms with Crippen molar-refractivity contribution >= 4 is 17.9 Å². The molecular formula is C53H88O6. The summed E-state index contributed by atoms with van der Waals surface area (Å²) in [5.41, 5.74) is 0. The molecule has 336 valence electrons. The molecule has 0 saturated heterocycles. The predicted octanol–water partition coefficient (Wildman–Crippen LogP) is 15.6. The molecule has 0 rings (SSSR count). The van der Waals surface area contributed by atoms with Crippen LogP contribution < -0.4 is 0 Å². The summed E-state index contributed by atoms with van der Waals surface area (Å²) in [6.07, 6.45) is 60.2. The van der Waals surface area contributed by atoms with Crippen LogP contribution in [0, 0.1) is 0 Å². The predicted molar refractivity (Wildman–Crippen MR) is 251 cm³/mol. The molecule has 0 aliphatic rings. The van der Waals surface area contributed by atoms with Gasteiger partial charge in [0.05, 0.1) is 6.42 Å². The highest BCUT2D eigenvalue weighted by Gasteiger charge is 2.19. The molecule has 0 aromatic heterocycles. The van der Waals surface area contributed by atoms with Gasteiger partial charge in [0.25, 0.3) is 0 Å². The first kappa shape index (κ1) is 55.6. The molecular weight excluding hydrogens is 733 g/mol. The van der Waals surface area contributed by atoms with E-state index in [-0.39, 0.29) is 31.6 Å². The minimum atomic E-state index is -0.830. The Hall–Kier alpha value is -3.41. The Morgan fingerprint density at radius 1 is 0.373 bits per heavy atom. The van der Waals surface area contributed by atoms with Crippen LogP contribution in [0.25, 0.3) is 0 Å². The lowest BCUT2D eigenvalue weighted by Crippen LogP contribution is -2.30. The smallest absolute Gasteiger partial charge is 0.310 e. The number of rotatable bonds is 42. The second-order valence-corrected chi connectivity index (χ2v) is 15.7. The molecule has 0 heterocycles. The van der Waals surface area contributed by atoms with Crippen molar-refractivity contribution in [1.82, 2.24) is 0 Å². The number of esters is 3. The summed E-state index contributed by atoms with van der Waals surface area (Å²) >= 11 is 0. The van der Waals surface area contributed by atoms with Crippen LogP contribution in [0.1, 0.15) is 213 Å². The fourth-order valence-corrected chi connectivity index (χ4v) is 6.31. The van der Waals surface area contributed by atoms with Gasteiger partial charge in [0.15, 0.2) is 6.10 Å². The molecule has 6 nitrogen and oxygen atoms in total. The third-order valence-electron chi connectivity index (χ3n) is 9.92. The van der Waals surface area contributed by atoms with Crippen molar-refractivity contribution < 1.29 is 28.6 Å². The van der Waals surface area contributed by atoms with E-state index in [1.54, 1.807) is 6.08 Å². The molecule has 0 fully saturated rings. The molecule has 0 spiro atoms. The topological polar surface area (TPSA) is 78.9 Å². The first-order valence-corrected chi connectivity index (χ1v) is 24.1. The molecule has 0 aliphatic heterocycles. The Balaban J connectivity index is 4.48. The Morgan fingerprint density at radius 3 is 1.15 bits per heavy atom. The Morgan fingerprint density at radius 2 is 0.712 bits per heavy atom. The molecule has 1 unspecified atom stereocenters. The molecule has 0 aliphatic carbocycles. The van der Waals surface area contributed by atoms with Crippen molar-refractivity contribution in [3.05, 3.63) is 85.1 Å². The quantitative estimate of drug-likeness (QED) is 0.0264. The van der Waals surface area contributed by atoms with E-state index in [2.05, 4.69) is 93.7 Å². The van der Waals surface area contributed by atoms with Gasteiger partial charge in [-0.15, -0.1) is 0 Å². The van der Waals surface area contributed by atoms with Crippen LogP contribution in [0.15, 0.2) is 85.1 Å². The summed E-state index contributed by atoms with van der Waals surface area (Å²) in [7, 11) is 0. The summed E-state index contributed by atoms with van der Waals surface area (Å²) in [5.74, 6) is -1.06. The van der Waals surface area contributed by atoms with Gasteiger partial charge in [0.2, 0.25) is 0 Å². The molecule has 0 saturated carbocycles. The number of ether oxygens (including phenoxy) is 3. The zero-order chi connectivity index (χ0) is 43.0. The first-order chi connectivity index (χ1) is 29.0. The number of unbranched alkanes of at least 4 members (excludes halogenated alkanes) is 18. The standard InChI is InChI=1S/C53H88O6/c1-4-7-10-13-16-19-21-23-25-26-28-29-31-34-37-40-43-46-52(55)58-49-50(48-57-51(54)45-42-39-36-33-18-15-12-9-6-3)59-53(56)47-44-41-38-35-32-30-27-24-22-20-17-14-11-8-5-2/h8,11,16-17,19-20,23-25,27,32,35,41,44,50H,4-7,9-10,12-15,18,21-22,26,28-31,33-34,36-40,42-43,45-49H2,1-3H3/b11-8-,19-16-,20-17-,25-23-,27-24-,35-32-,44-41-. The molecule has 0 amide bonds. The lowest BCUT2D eigenvalue weighted by Gasteiger charge is -2.18. The van der Waals surface area contributed by atoms with E-state index in [9.17, 15) is 14.4 Å². The number of carbonyl (C=O) groups is 3. The number of hydrogen-bond acceptors (Lipinski definition) is 6. The van der Waals surface area contributed by atoms with Crippen molar-refractivity contribution in [2.45, 2.75) is 219 Å². The van der Waals surface area contributed by atoms with E-state index >= 15 is 0 Å².